The van der Waals surface area contributed by atoms with Crippen molar-refractivity contribution in [3.63, 3.8) is 0 Å². The summed E-state index contributed by atoms with van der Waals surface area (Å²) in [6.07, 6.45) is 7.89. The number of benzene rings is 1. The van der Waals surface area contributed by atoms with E-state index in [9.17, 15) is 9.59 Å². The van der Waals surface area contributed by atoms with Crippen LogP contribution in [0.3, 0.4) is 0 Å². The third kappa shape index (κ3) is 3.07. The highest BCUT2D eigenvalue weighted by molar-refractivity contribution is 6.01. The predicted molar refractivity (Wildman–Crippen MR) is 90.5 cm³/mol. The number of likely N-dealkylation sites (tertiary alicyclic amines) is 1. The Morgan fingerprint density at radius 2 is 2.21 bits per heavy atom. The van der Waals surface area contributed by atoms with Crippen LogP contribution in [0.5, 0.6) is 11.5 Å². The molecular formula is C19H21NO4. The lowest BCUT2D eigenvalue weighted by atomic mass is 9.89. The number of ketones is 1. The van der Waals surface area contributed by atoms with Gasteiger partial charge < -0.3 is 14.4 Å². The molecule has 2 aliphatic heterocycles. The van der Waals surface area contributed by atoms with E-state index in [0.29, 0.717) is 36.6 Å². The van der Waals surface area contributed by atoms with Gasteiger partial charge in [-0.1, -0.05) is 18.2 Å². The van der Waals surface area contributed by atoms with Gasteiger partial charge in [-0.15, -0.1) is 0 Å². The second kappa shape index (κ2) is 6.51. The van der Waals surface area contributed by atoms with Crippen LogP contribution in [-0.4, -0.2) is 42.4 Å². The molecule has 0 radical (unpaired) electrons. The second-order valence-electron chi connectivity index (χ2n) is 6.14. The number of hydrogen-bond donors (Lipinski definition) is 0. The molecule has 0 aliphatic carbocycles. The molecule has 3 rings (SSSR count). The fourth-order valence-electron chi connectivity index (χ4n) is 3.21. The Balaban J connectivity index is 1.76. The van der Waals surface area contributed by atoms with Gasteiger partial charge in [0.25, 0.3) is 0 Å². The van der Waals surface area contributed by atoms with E-state index in [1.807, 2.05) is 19.1 Å². The van der Waals surface area contributed by atoms with Crippen molar-refractivity contribution in [2.45, 2.75) is 25.4 Å². The summed E-state index contributed by atoms with van der Waals surface area (Å²) in [5.41, 5.74) is -0.0549. The van der Waals surface area contributed by atoms with Crippen LogP contribution in [0, 0.1) is 0 Å². The highest BCUT2D eigenvalue weighted by atomic mass is 16.5. The molecular weight excluding hydrogens is 306 g/mol. The number of methoxy groups -OCH3 is 1. The molecule has 0 bridgehead atoms. The van der Waals surface area contributed by atoms with Crippen molar-refractivity contribution >= 4 is 11.7 Å². The Morgan fingerprint density at radius 1 is 1.38 bits per heavy atom. The van der Waals surface area contributed by atoms with Gasteiger partial charge in [0.05, 0.1) is 25.6 Å². The van der Waals surface area contributed by atoms with Crippen LogP contribution in [0.1, 0.15) is 30.1 Å². The SMILES string of the molecule is C/C=C/C=C/C(=O)N1CCC2(CC(=O)c3cc(OC)ccc3O2)C1. The molecule has 1 spiro atoms. The number of carbonyl (C=O) groups is 2. The van der Waals surface area contributed by atoms with Gasteiger partial charge in [0.15, 0.2) is 5.78 Å². The van der Waals surface area contributed by atoms with Crippen molar-refractivity contribution in [1.29, 1.82) is 0 Å². The number of fused-ring (bicyclic) bond motifs is 1. The number of Topliss-reactive ketones (excluding diaryl/α,β-unsaturated/α-hetero) is 1. The zero-order chi connectivity index (χ0) is 17.2. The molecule has 2 heterocycles. The molecule has 1 aromatic carbocycles. The summed E-state index contributed by atoms with van der Waals surface area (Å²) in [5.74, 6) is 1.19. The molecule has 1 atom stereocenters. The Bertz CT molecular complexity index is 722. The Labute approximate surface area is 141 Å². The van der Waals surface area contributed by atoms with Gasteiger partial charge in [0.2, 0.25) is 5.91 Å². The lowest BCUT2D eigenvalue weighted by Crippen LogP contribution is -2.45. The summed E-state index contributed by atoms with van der Waals surface area (Å²) in [7, 11) is 1.57. The summed E-state index contributed by atoms with van der Waals surface area (Å²) < 4.78 is 11.3. The zero-order valence-electron chi connectivity index (χ0n) is 14.0. The second-order valence-corrected chi connectivity index (χ2v) is 6.14. The molecule has 1 amide bonds. The highest BCUT2D eigenvalue weighted by Crippen LogP contribution is 2.40. The summed E-state index contributed by atoms with van der Waals surface area (Å²) >= 11 is 0. The van der Waals surface area contributed by atoms with Gasteiger partial charge in [-0.25, -0.2) is 0 Å². The maximum Gasteiger partial charge on any atom is 0.246 e. The number of carbonyl (C=O) groups excluding carboxylic acids is 2. The maximum absolute atomic E-state index is 12.5. The molecule has 5 nitrogen and oxygen atoms in total. The van der Waals surface area contributed by atoms with Crippen LogP contribution < -0.4 is 9.47 Å². The summed E-state index contributed by atoms with van der Waals surface area (Å²) in [5, 5.41) is 0. The van der Waals surface area contributed by atoms with Gasteiger partial charge in [0.1, 0.15) is 17.1 Å². The Kier molecular flexibility index (Phi) is 4.42. The van der Waals surface area contributed by atoms with Crippen molar-refractivity contribution in [1.82, 2.24) is 4.90 Å². The summed E-state index contributed by atoms with van der Waals surface area (Å²) in [6, 6.07) is 5.26. The van der Waals surface area contributed by atoms with Crippen LogP contribution in [0.4, 0.5) is 0 Å². The Hall–Kier alpha value is -2.56. The molecule has 126 valence electrons. The first kappa shape index (κ1) is 16.3. The van der Waals surface area contributed by atoms with E-state index in [-0.39, 0.29) is 18.1 Å². The first-order valence-electron chi connectivity index (χ1n) is 8.05. The van der Waals surface area contributed by atoms with E-state index >= 15 is 0 Å². The smallest absolute Gasteiger partial charge is 0.246 e. The predicted octanol–water partition coefficient (Wildman–Crippen LogP) is 2.76. The standard InChI is InChI=1S/C19H21NO4/c1-3-4-5-6-18(22)20-10-9-19(13-20)12-16(21)15-11-14(23-2)7-8-17(15)24-19/h3-8,11H,9-10,12-13H2,1-2H3/b4-3+,6-5+. The molecule has 0 saturated carbocycles. The zero-order valence-corrected chi connectivity index (χ0v) is 14.0. The highest BCUT2D eigenvalue weighted by Gasteiger charge is 2.46. The number of allylic oxidation sites excluding steroid dienone is 3. The normalized spacial score (nSPS) is 23.1. The van der Waals surface area contributed by atoms with Gasteiger partial charge >= 0.3 is 0 Å². The lowest BCUT2D eigenvalue weighted by molar-refractivity contribution is -0.125. The van der Waals surface area contributed by atoms with Crippen LogP contribution >= 0.6 is 0 Å². The fourth-order valence-corrected chi connectivity index (χ4v) is 3.21. The van der Waals surface area contributed by atoms with Crippen LogP contribution in [-0.2, 0) is 4.79 Å². The van der Waals surface area contributed by atoms with Crippen molar-refractivity contribution in [3.8, 4) is 11.5 Å². The maximum atomic E-state index is 12.5. The molecule has 1 fully saturated rings. The van der Waals surface area contributed by atoms with Crippen molar-refractivity contribution in [2.24, 2.45) is 0 Å². The van der Waals surface area contributed by atoms with Gasteiger partial charge in [0, 0.05) is 19.0 Å². The Morgan fingerprint density at radius 3 is 2.96 bits per heavy atom. The first-order chi connectivity index (χ1) is 11.6. The topological polar surface area (TPSA) is 55.8 Å². The quantitative estimate of drug-likeness (QED) is 0.633. The largest absolute Gasteiger partial charge is 0.497 e. The average Bonchev–Trinajstić information content (AvgIpc) is 2.98. The molecule has 1 saturated heterocycles. The third-order valence-electron chi connectivity index (χ3n) is 4.47. The average molecular weight is 327 g/mol. The van der Waals surface area contributed by atoms with Gasteiger partial charge in [-0.3, -0.25) is 9.59 Å². The summed E-state index contributed by atoms with van der Waals surface area (Å²) in [4.78, 5) is 26.5. The van der Waals surface area contributed by atoms with E-state index in [4.69, 9.17) is 9.47 Å². The number of nitrogens with zero attached hydrogens (tertiary/aromatic N) is 1. The van der Waals surface area contributed by atoms with Crippen LogP contribution in [0.15, 0.2) is 42.5 Å². The molecule has 1 aromatic rings. The van der Waals surface area contributed by atoms with Crippen molar-refractivity contribution in [2.75, 3.05) is 20.2 Å². The van der Waals surface area contributed by atoms with E-state index in [1.165, 1.54) is 0 Å². The number of amides is 1. The van der Waals surface area contributed by atoms with Gasteiger partial charge in [-0.05, 0) is 25.1 Å². The van der Waals surface area contributed by atoms with Crippen molar-refractivity contribution < 1.29 is 19.1 Å². The number of rotatable bonds is 3. The van der Waals surface area contributed by atoms with Crippen LogP contribution in [0.2, 0.25) is 0 Å². The fraction of sp³-hybridized carbons (Fsp3) is 0.368. The van der Waals surface area contributed by atoms with Gasteiger partial charge in [-0.2, -0.15) is 0 Å². The van der Waals surface area contributed by atoms with E-state index in [2.05, 4.69) is 0 Å². The van der Waals surface area contributed by atoms with E-state index in [1.54, 1.807) is 42.4 Å². The minimum atomic E-state index is -0.608. The number of ether oxygens (including phenoxy) is 2. The molecule has 1 unspecified atom stereocenters. The third-order valence-corrected chi connectivity index (χ3v) is 4.47. The van der Waals surface area contributed by atoms with Crippen LogP contribution in [0.25, 0.3) is 0 Å². The van der Waals surface area contributed by atoms with E-state index in [0.717, 1.165) is 0 Å². The summed E-state index contributed by atoms with van der Waals surface area (Å²) in [6.45, 7) is 2.93. The molecule has 0 N–H and O–H groups in total. The minimum Gasteiger partial charge on any atom is -0.497 e. The van der Waals surface area contributed by atoms with E-state index < -0.39 is 5.60 Å². The lowest BCUT2D eigenvalue weighted by Gasteiger charge is -2.34. The number of hydrogen-bond acceptors (Lipinski definition) is 4. The molecule has 24 heavy (non-hydrogen) atoms. The minimum absolute atomic E-state index is 0.0360. The molecule has 2 aliphatic rings. The van der Waals surface area contributed by atoms with Crippen molar-refractivity contribution in [3.05, 3.63) is 48.1 Å². The first-order valence-corrected chi connectivity index (χ1v) is 8.05. The molecule has 5 heteroatoms. The molecule has 0 aromatic heterocycles. The monoisotopic (exact) mass is 327 g/mol.